The number of aromatic nitrogens is 1. The summed E-state index contributed by atoms with van der Waals surface area (Å²) < 4.78 is 34.8. The maximum atomic E-state index is 12.5. The highest BCUT2D eigenvalue weighted by Crippen LogP contribution is 2.33. The van der Waals surface area contributed by atoms with Crippen molar-refractivity contribution in [3.8, 4) is 22.8 Å². The summed E-state index contributed by atoms with van der Waals surface area (Å²) >= 11 is 1.22. The third kappa shape index (κ3) is 4.40. The van der Waals surface area contributed by atoms with Crippen molar-refractivity contribution in [1.29, 1.82) is 0 Å². The van der Waals surface area contributed by atoms with Gasteiger partial charge in [-0.1, -0.05) is 23.8 Å². The molecule has 27 heavy (non-hydrogen) atoms. The largest absolute Gasteiger partial charge is 0.496 e. The minimum atomic E-state index is -3.01. The fourth-order valence-corrected chi connectivity index (χ4v) is 3.20. The molecule has 1 aromatic heterocycles. The van der Waals surface area contributed by atoms with Gasteiger partial charge < -0.3 is 9.47 Å². The van der Waals surface area contributed by atoms with Gasteiger partial charge in [-0.2, -0.15) is 8.78 Å². The van der Waals surface area contributed by atoms with Crippen LogP contribution in [0.1, 0.15) is 15.9 Å². The Hall–Kier alpha value is -3.00. The third-order valence-corrected chi connectivity index (χ3v) is 4.46. The Morgan fingerprint density at radius 2 is 1.96 bits per heavy atom. The zero-order chi connectivity index (χ0) is 19.4. The molecule has 0 unspecified atom stereocenters. The highest BCUT2D eigenvalue weighted by atomic mass is 32.1. The lowest BCUT2D eigenvalue weighted by molar-refractivity contribution is -0.0501. The standard InChI is InChI=1S/C19H16F2N2O3S/c1-11-7-8-15(25-2)13(9-11)14-10-27-19(22-14)23-17(24)12-5-3-4-6-16(12)26-18(20)21/h3-10,18H,1-2H3,(H,22,23,24). The van der Waals surface area contributed by atoms with Gasteiger partial charge in [0.1, 0.15) is 11.5 Å². The number of anilines is 1. The normalized spacial score (nSPS) is 10.7. The van der Waals surface area contributed by atoms with Crippen molar-refractivity contribution in [1.82, 2.24) is 4.98 Å². The first-order valence-electron chi connectivity index (χ1n) is 7.93. The fraction of sp³-hybridized carbons (Fsp3) is 0.158. The van der Waals surface area contributed by atoms with Gasteiger partial charge in [-0.05, 0) is 31.2 Å². The number of benzene rings is 2. The molecular formula is C19H16F2N2O3S. The predicted molar refractivity (Wildman–Crippen MR) is 99.9 cm³/mol. The summed E-state index contributed by atoms with van der Waals surface area (Å²) in [6.45, 7) is -1.06. The lowest BCUT2D eigenvalue weighted by Crippen LogP contribution is -2.14. The molecule has 0 radical (unpaired) electrons. The van der Waals surface area contributed by atoms with Gasteiger partial charge in [0.05, 0.1) is 18.4 Å². The number of halogens is 2. The van der Waals surface area contributed by atoms with E-state index in [1.807, 2.05) is 25.1 Å². The average molecular weight is 390 g/mol. The minimum Gasteiger partial charge on any atom is -0.496 e. The topological polar surface area (TPSA) is 60.5 Å². The number of hydrogen-bond acceptors (Lipinski definition) is 5. The Labute approximate surface area is 158 Å². The molecule has 0 aliphatic heterocycles. The van der Waals surface area contributed by atoms with E-state index >= 15 is 0 Å². The zero-order valence-corrected chi connectivity index (χ0v) is 15.3. The molecule has 0 saturated heterocycles. The molecule has 140 valence electrons. The summed E-state index contributed by atoms with van der Waals surface area (Å²) in [4.78, 5) is 16.8. The van der Waals surface area contributed by atoms with E-state index in [1.54, 1.807) is 18.6 Å². The van der Waals surface area contributed by atoms with Gasteiger partial charge in [0, 0.05) is 10.9 Å². The number of carbonyl (C=O) groups excluding carboxylic acids is 1. The second-order valence-electron chi connectivity index (χ2n) is 5.57. The Morgan fingerprint density at radius 3 is 2.70 bits per heavy atom. The number of methoxy groups -OCH3 is 1. The number of nitrogens with one attached hydrogen (secondary N) is 1. The molecule has 0 spiro atoms. The molecule has 0 fully saturated rings. The van der Waals surface area contributed by atoms with Crippen molar-refractivity contribution < 1.29 is 23.0 Å². The number of carbonyl (C=O) groups is 1. The number of aryl methyl sites for hydroxylation is 1. The maximum Gasteiger partial charge on any atom is 0.387 e. The summed E-state index contributed by atoms with van der Waals surface area (Å²) in [6, 6.07) is 11.5. The van der Waals surface area contributed by atoms with Crippen LogP contribution in [0.4, 0.5) is 13.9 Å². The van der Waals surface area contributed by atoms with E-state index in [0.717, 1.165) is 11.1 Å². The van der Waals surface area contributed by atoms with E-state index in [-0.39, 0.29) is 11.3 Å². The van der Waals surface area contributed by atoms with Crippen molar-refractivity contribution in [2.45, 2.75) is 13.5 Å². The molecule has 1 amide bonds. The van der Waals surface area contributed by atoms with Crippen LogP contribution < -0.4 is 14.8 Å². The quantitative estimate of drug-likeness (QED) is 0.645. The Kier molecular flexibility index (Phi) is 5.66. The summed E-state index contributed by atoms with van der Waals surface area (Å²) in [5.74, 6) is -0.107. The first kappa shape index (κ1) is 18.8. The van der Waals surface area contributed by atoms with Crippen LogP contribution in [0.3, 0.4) is 0 Å². The number of para-hydroxylation sites is 1. The summed E-state index contributed by atoms with van der Waals surface area (Å²) in [5, 5.41) is 4.74. The Morgan fingerprint density at radius 1 is 1.19 bits per heavy atom. The van der Waals surface area contributed by atoms with Crippen molar-refractivity contribution >= 4 is 22.4 Å². The van der Waals surface area contributed by atoms with Gasteiger partial charge in [0.2, 0.25) is 0 Å². The van der Waals surface area contributed by atoms with Crippen molar-refractivity contribution in [3.63, 3.8) is 0 Å². The molecule has 1 N–H and O–H groups in total. The van der Waals surface area contributed by atoms with Crippen LogP contribution in [0, 0.1) is 6.92 Å². The van der Waals surface area contributed by atoms with Crippen molar-refractivity contribution in [2.24, 2.45) is 0 Å². The second kappa shape index (κ2) is 8.13. The van der Waals surface area contributed by atoms with Gasteiger partial charge in [0.25, 0.3) is 5.91 Å². The number of amides is 1. The number of rotatable bonds is 6. The number of hydrogen-bond donors (Lipinski definition) is 1. The van der Waals surface area contributed by atoms with Gasteiger partial charge in [-0.25, -0.2) is 4.98 Å². The van der Waals surface area contributed by atoms with Gasteiger partial charge >= 0.3 is 6.61 Å². The SMILES string of the molecule is COc1ccc(C)cc1-c1csc(NC(=O)c2ccccc2OC(F)F)n1. The number of nitrogens with zero attached hydrogens (tertiary/aromatic N) is 1. The monoisotopic (exact) mass is 390 g/mol. The number of ether oxygens (including phenoxy) is 2. The molecule has 0 bridgehead atoms. The molecule has 2 aromatic carbocycles. The van der Waals surface area contributed by atoms with Crippen LogP contribution in [0.5, 0.6) is 11.5 Å². The molecule has 5 nitrogen and oxygen atoms in total. The third-order valence-electron chi connectivity index (χ3n) is 3.70. The van der Waals surface area contributed by atoms with Crippen LogP contribution in [0.15, 0.2) is 47.8 Å². The van der Waals surface area contributed by atoms with Crippen LogP contribution in [0.2, 0.25) is 0 Å². The van der Waals surface area contributed by atoms with Crippen LogP contribution in [-0.4, -0.2) is 24.6 Å². The van der Waals surface area contributed by atoms with E-state index in [1.165, 1.54) is 29.5 Å². The molecule has 3 rings (SSSR count). The Balaban J connectivity index is 1.83. The number of alkyl halides is 2. The Bertz CT molecular complexity index is 960. The van der Waals surface area contributed by atoms with Crippen molar-refractivity contribution in [3.05, 3.63) is 59.0 Å². The maximum absolute atomic E-state index is 12.5. The van der Waals surface area contributed by atoms with E-state index in [4.69, 9.17) is 4.74 Å². The summed E-state index contributed by atoms with van der Waals surface area (Å²) in [7, 11) is 1.57. The first-order valence-corrected chi connectivity index (χ1v) is 8.81. The minimum absolute atomic E-state index is 0.00249. The highest BCUT2D eigenvalue weighted by Gasteiger charge is 2.17. The van der Waals surface area contributed by atoms with Crippen LogP contribution in [-0.2, 0) is 0 Å². The molecule has 0 atom stereocenters. The summed E-state index contributed by atoms with van der Waals surface area (Å²) in [5.41, 5.74) is 2.49. The smallest absolute Gasteiger partial charge is 0.387 e. The molecule has 0 aliphatic carbocycles. The lowest BCUT2D eigenvalue weighted by Gasteiger charge is -2.09. The molecule has 0 aliphatic rings. The summed E-state index contributed by atoms with van der Waals surface area (Å²) in [6.07, 6.45) is 0. The van der Waals surface area contributed by atoms with Gasteiger partial charge in [0.15, 0.2) is 5.13 Å². The fourth-order valence-electron chi connectivity index (χ4n) is 2.49. The van der Waals surface area contributed by atoms with E-state index in [2.05, 4.69) is 15.0 Å². The van der Waals surface area contributed by atoms with Gasteiger partial charge in [-0.3, -0.25) is 10.1 Å². The second-order valence-corrected chi connectivity index (χ2v) is 6.43. The van der Waals surface area contributed by atoms with E-state index < -0.39 is 12.5 Å². The predicted octanol–water partition coefficient (Wildman–Crippen LogP) is 4.98. The van der Waals surface area contributed by atoms with Crippen LogP contribution >= 0.6 is 11.3 Å². The average Bonchev–Trinajstić information content (AvgIpc) is 3.10. The lowest BCUT2D eigenvalue weighted by atomic mass is 10.1. The molecule has 0 saturated carbocycles. The molecule has 8 heteroatoms. The first-order chi connectivity index (χ1) is 13.0. The van der Waals surface area contributed by atoms with Gasteiger partial charge in [-0.15, -0.1) is 11.3 Å². The van der Waals surface area contributed by atoms with Crippen molar-refractivity contribution in [2.75, 3.05) is 12.4 Å². The van der Waals surface area contributed by atoms with Crippen LogP contribution in [0.25, 0.3) is 11.3 Å². The molecule has 3 aromatic rings. The number of thiazole rings is 1. The van der Waals surface area contributed by atoms with E-state index in [0.29, 0.717) is 16.6 Å². The zero-order valence-electron chi connectivity index (χ0n) is 14.5. The molecule has 1 heterocycles. The van der Waals surface area contributed by atoms with E-state index in [9.17, 15) is 13.6 Å². The molecular weight excluding hydrogens is 374 g/mol. The highest BCUT2D eigenvalue weighted by molar-refractivity contribution is 7.14.